The number of hydrogen-bond acceptors (Lipinski definition) is 4. The van der Waals surface area contributed by atoms with Gasteiger partial charge in [0.05, 0.1) is 17.6 Å². The maximum Gasteiger partial charge on any atom is 0.417 e. The molecule has 1 aromatic rings. The van der Waals surface area contributed by atoms with Crippen molar-refractivity contribution >= 4 is 27.6 Å². The van der Waals surface area contributed by atoms with Gasteiger partial charge in [-0.25, -0.2) is 8.42 Å². The lowest BCUT2D eigenvalue weighted by Crippen LogP contribution is -2.33. The minimum absolute atomic E-state index is 0.253. The number of benzene rings is 1. The zero-order valence-electron chi connectivity index (χ0n) is 10.9. The average molecular weight is 346 g/mol. The average Bonchev–Trinajstić information content (AvgIpc) is 2.36. The highest BCUT2D eigenvalue weighted by Gasteiger charge is 2.39. The first-order chi connectivity index (χ1) is 9.50. The summed E-state index contributed by atoms with van der Waals surface area (Å²) in [5, 5.41) is -0.253. The zero-order valence-corrected chi connectivity index (χ0v) is 12.5. The number of carbonyl (C=O) groups excluding carboxylic acids is 1. The number of carbonyl (C=O) groups is 1. The number of alkyl halides is 3. The third-order valence-electron chi connectivity index (χ3n) is 2.51. The molecule has 1 aromatic carbocycles. The SMILES string of the molecule is COC(=O)CN(C)S(=O)(=O)c1ccc(Cl)cc1C(F)(F)F. The molecule has 0 amide bonds. The molecule has 10 heteroatoms. The maximum absolute atomic E-state index is 12.9. The van der Waals surface area contributed by atoms with Crippen LogP contribution in [0.5, 0.6) is 0 Å². The first-order valence-corrected chi connectivity index (χ1v) is 7.22. The summed E-state index contributed by atoms with van der Waals surface area (Å²) in [5.74, 6) is -0.899. The summed E-state index contributed by atoms with van der Waals surface area (Å²) in [5.41, 5.74) is -1.40. The first kappa shape index (κ1) is 17.7. The second kappa shape index (κ2) is 6.20. The van der Waals surface area contributed by atoms with Gasteiger partial charge in [-0.05, 0) is 18.2 Å². The second-order valence-electron chi connectivity index (χ2n) is 3.98. The lowest BCUT2D eigenvalue weighted by molar-refractivity contribution is -0.140. The topological polar surface area (TPSA) is 63.7 Å². The van der Waals surface area contributed by atoms with E-state index in [9.17, 15) is 26.4 Å². The van der Waals surface area contributed by atoms with Gasteiger partial charge < -0.3 is 4.74 Å². The smallest absolute Gasteiger partial charge is 0.417 e. The quantitative estimate of drug-likeness (QED) is 0.784. The fourth-order valence-corrected chi connectivity index (χ4v) is 2.92. The fourth-order valence-electron chi connectivity index (χ4n) is 1.45. The summed E-state index contributed by atoms with van der Waals surface area (Å²) in [6, 6.07) is 2.28. The van der Waals surface area contributed by atoms with E-state index in [-0.39, 0.29) is 5.02 Å². The minimum Gasteiger partial charge on any atom is -0.468 e. The number of rotatable bonds is 4. The molecule has 0 saturated carbocycles. The van der Waals surface area contributed by atoms with Gasteiger partial charge in [-0.3, -0.25) is 4.79 Å². The predicted molar refractivity (Wildman–Crippen MR) is 68.3 cm³/mol. The predicted octanol–water partition coefficient (Wildman–Crippen LogP) is 2.15. The van der Waals surface area contributed by atoms with Crippen LogP contribution in [0.1, 0.15) is 5.56 Å². The van der Waals surface area contributed by atoms with Crippen LogP contribution in [0.4, 0.5) is 13.2 Å². The standard InChI is InChI=1S/C11H11ClF3NO4S/c1-16(6-10(17)20-2)21(18,19)9-4-3-7(12)5-8(9)11(13,14)15/h3-5H,6H2,1-2H3. The van der Waals surface area contributed by atoms with Crippen LogP contribution < -0.4 is 0 Å². The number of esters is 1. The Labute approximate surface area is 124 Å². The summed E-state index contributed by atoms with van der Waals surface area (Å²) in [7, 11) is -2.51. The molecular formula is C11H11ClF3NO4S. The van der Waals surface area contributed by atoms with E-state index in [1.54, 1.807) is 0 Å². The largest absolute Gasteiger partial charge is 0.468 e. The molecule has 0 N–H and O–H groups in total. The highest BCUT2D eigenvalue weighted by Crippen LogP contribution is 2.36. The Morgan fingerprint density at radius 3 is 2.43 bits per heavy atom. The number of hydrogen-bond donors (Lipinski definition) is 0. The van der Waals surface area contributed by atoms with Crippen LogP contribution in [0.3, 0.4) is 0 Å². The van der Waals surface area contributed by atoms with Crippen molar-refractivity contribution in [3.63, 3.8) is 0 Å². The number of likely N-dealkylation sites (N-methyl/N-ethyl adjacent to an activating group) is 1. The van der Waals surface area contributed by atoms with Crippen molar-refractivity contribution in [2.45, 2.75) is 11.1 Å². The van der Waals surface area contributed by atoms with E-state index in [2.05, 4.69) is 4.74 Å². The van der Waals surface area contributed by atoms with Gasteiger partial charge in [0.15, 0.2) is 0 Å². The van der Waals surface area contributed by atoms with E-state index >= 15 is 0 Å². The molecule has 0 aromatic heterocycles. The normalized spacial score (nSPS) is 12.5. The Morgan fingerprint density at radius 2 is 1.95 bits per heavy atom. The van der Waals surface area contributed by atoms with Gasteiger partial charge in [0, 0.05) is 12.1 Å². The molecule has 118 valence electrons. The molecule has 0 saturated heterocycles. The molecular weight excluding hydrogens is 335 g/mol. The fraction of sp³-hybridized carbons (Fsp3) is 0.364. The molecule has 0 radical (unpaired) electrons. The number of methoxy groups -OCH3 is 1. The molecule has 0 aliphatic carbocycles. The summed E-state index contributed by atoms with van der Waals surface area (Å²) < 4.78 is 67.8. The summed E-state index contributed by atoms with van der Waals surface area (Å²) in [4.78, 5) is 10.1. The van der Waals surface area contributed by atoms with Crippen molar-refractivity contribution in [1.29, 1.82) is 0 Å². The second-order valence-corrected chi connectivity index (χ2v) is 6.43. The number of sulfonamides is 1. The highest BCUT2D eigenvalue weighted by atomic mass is 35.5. The van der Waals surface area contributed by atoms with Crippen LogP contribution in [0.25, 0.3) is 0 Å². The summed E-state index contributed by atoms with van der Waals surface area (Å²) in [6.07, 6.45) is -4.90. The van der Waals surface area contributed by atoms with E-state index in [1.165, 1.54) is 0 Å². The molecule has 1 rings (SSSR count). The van der Waals surface area contributed by atoms with E-state index in [0.717, 1.165) is 26.3 Å². The Morgan fingerprint density at radius 1 is 1.38 bits per heavy atom. The van der Waals surface area contributed by atoms with Gasteiger partial charge >= 0.3 is 12.1 Å². The van der Waals surface area contributed by atoms with Gasteiger partial charge in [-0.15, -0.1) is 0 Å². The molecule has 0 fully saturated rings. The van der Waals surface area contributed by atoms with Crippen LogP contribution in [-0.2, 0) is 25.7 Å². The zero-order chi connectivity index (χ0) is 16.4. The Kier molecular flexibility index (Phi) is 5.24. The van der Waals surface area contributed by atoms with Crippen LogP contribution in [-0.4, -0.2) is 39.4 Å². The number of nitrogens with zero attached hydrogens (tertiary/aromatic N) is 1. The van der Waals surface area contributed by atoms with E-state index in [1.807, 2.05) is 0 Å². The van der Waals surface area contributed by atoms with E-state index in [0.29, 0.717) is 10.4 Å². The van der Waals surface area contributed by atoms with Crippen LogP contribution in [0.15, 0.2) is 23.1 Å². The number of ether oxygens (including phenoxy) is 1. The molecule has 0 heterocycles. The van der Waals surface area contributed by atoms with Crippen LogP contribution >= 0.6 is 11.6 Å². The van der Waals surface area contributed by atoms with Gasteiger partial charge in [-0.2, -0.15) is 17.5 Å². The molecule has 0 bridgehead atoms. The Hall–Kier alpha value is -1.32. The number of halogens is 4. The molecule has 21 heavy (non-hydrogen) atoms. The van der Waals surface area contributed by atoms with Crippen molar-refractivity contribution in [2.24, 2.45) is 0 Å². The molecule has 0 atom stereocenters. The molecule has 0 aliphatic heterocycles. The lowest BCUT2D eigenvalue weighted by atomic mass is 10.2. The minimum atomic E-state index is -4.90. The van der Waals surface area contributed by atoms with Crippen molar-refractivity contribution in [3.05, 3.63) is 28.8 Å². The lowest BCUT2D eigenvalue weighted by Gasteiger charge is -2.19. The Bertz CT molecular complexity index is 645. The van der Waals surface area contributed by atoms with Crippen LogP contribution in [0, 0.1) is 0 Å². The van der Waals surface area contributed by atoms with Gasteiger partial charge in [0.1, 0.15) is 6.54 Å². The van der Waals surface area contributed by atoms with Crippen molar-refractivity contribution in [2.75, 3.05) is 20.7 Å². The van der Waals surface area contributed by atoms with Gasteiger partial charge in [0.25, 0.3) is 0 Å². The third kappa shape index (κ3) is 4.08. The molecule has 0 aliphatic rings. The highest BCUT2D eigenvalue weighted by molar-refractivity contribution is 7.89. The van der Waals surface area contributed by atoms with Crippen molar-refractivity contribution in [3.8, 4) is 0 Å². The summed E-state index contributed by atoms with van der Waals surface area (Å²) in [6.45, 7) is -0.710. The molecule has 0 spiro atoms. The van der Waals surface area contributed by atoms with Gasteiger partial charge in [0.2, 0.25) is 10.0 Å². The summed E-state index contributed by atoms with van der Waals surface area (Å²) >= 11 is 5.48. The maximum atomic E-state index is 12.9. The third-order valence-corrected chi connectivity index (χ3v) is 4.61. The van der Waals surface area contributed by atoms with Gasteiger partial charge in [-0.1, -0.05) is 11.6 Å². The van der Waals surface area contributed by atoms with Crippen LogP contribution in [0.2, 0.25) is 5.02 Å². The van der Waals surface area contributed by atoms with E-state index < -0.39 is 39.2 Å². The van der Waals surface area contributed by atoms with Crippen molar-refractivity contribution in [1.82, 2.24) is 4.31 Å². The first-order valence-electron chi connectivity index (χ1n) is 5.40. The Balaban J connectivity index is 3.35. The van der Waals surface area contributed by atoms with Crippen molar-refractivity contribution < 1.29 is 31.1 Å². The monoisotopic (exact) mass is 345 g/mol. The molecule has 0 unspecified atom stereocenters. The van der Waals surface area contributed by atoms with E-state index in [4.69, 9.17) is 11.6 Å². The molecule has 5 nitrogen and oxygen atoms in total.